The molecule has 0 spiro atoms. The molecule has 0 radical (unpaired) electrons. The van der Waals surface area contributed by atoms with Gasteiger partial charge in [0.2, 0.25) is 0 Å². The van der Waals surface area contributed by atoms with Crippen LogP contribution in [-0.2, 0) is 11.2 Å². The molecular formula is C15H23NO. The zero-order valence-corrected chi connectivity index (χ0v) is 10.9. The normalized spacial score (nSPS) is 20.9. The minimum absolute atomic E-state index is 0.281. The van der Waals surface area contributed by atoms with Gasteiger partial charge in [-0.25, -0.2) is 0 Å². The summed E-state index contributed by atoms with van der Waals surface area (Å²) in [5.74, 6) is 0. The van der Waals surface area contributed by atoms with E-state index in [4.69, 9.17) is 4.74 Å². The number of benzene rings is 1. The molecular weight excluding hydrogens is 210 g/mol. The average molecular weight is 233 g/mol. The Kier molecular flexibility index (Phi) is 4.57. The van der Waals surface area contributed by atoms with Gasteiger partial charge in [0.1, 0.15) is 0 Å². The topological polar surface area (TPSA) is 21.3 Å². The molecule has 2 heteroatoms. The molecule has 2 rings (SSSR count). The molecule has 1 aliphatic rings. The highest BCUT2D eigenvalue weighted by atomic mass is 16.5. The van der Waals surface area contributed by atoms with Crippen molar-refractivity contribution in [2.24, 2.45) is 0 Å². The first kappa shape index (κ1) is 12.6. The van der Waals surface area contributed by atoms with Crippen LogP contribution in [0.4, 0.5) is 0 Å². The first-order chi connectivity index (χ1) is 8.35. The molecule has 2 unspecified atom stereocenters. The van der Waals surface area contributed by atoms with Crippen LogP contribution in [0.1, 0.15) is 43.9 Å². The van der Waals surface area contributed by atoms with E-state index >= 15 is 0 Å². The Morgan fingerprint density at radius 3 is 2.94 bits per heavy atom. The molecule has 0 saturated carbocycles. The fourth-order valence-electron chi connectivity index (χ4n) is 2.61. The third-order valence-electron chi connectivity index (χ3n) is 3.58. The van der Waals surface area contributed by atoms with Crippen molar-refractivity contribution in [3.05, 3.63) is 35.4 Å². The van der Waals surface area contributed by atoms with Crippen LogP contribution >= 0.6 is 0 Å². The van der Waals surface area contributed by atoms with Crippen molar-refractivity contribution in [3.63, 3.8) is 0 Å². The van der Waals surface area contributed by atoms with Crippen LogP contribution in [0.2, 0.25) is 0 Å². The maximum Gasteiger partial charge on any atom is 0.0842 e. The molecule has 17 heavy (non-hydrogen) atoms. The molecule has 0 amide bonds. The largest absolute Gasteiger partial charge is 0.373 e. The van der Waals surface area contributed by atoms with Gasteiger partial charge in [-0.3, -0.25) is 0 Å². The van der Waals surface area contributed by atoms with E-state index in [0.29, 0.717) is 6.04 Å². The first-order valence-corrected chi connectivity index (χ1v) is 6.78. The predicted molar refractivity (Wildman–Crippen MR) is 71.2 cm³/mol. The molecule has 1 N–H and O–H groups in total. The van der Waals surface area contributed by atoms with Gasteiger partial charge < -0.3 is 10.1 Å². The molecule has 2 nitrogen and oxygen atoms in total. The van der Waals surface area contributed by atoms with E-state index in [9.17, 15) is 0 Å². The minimum atomic E-state index is 0.281. The highest BCUT2D eigenvalue weighted by Crippen LogP contribution is 2.30. The van der Waals surface area contributed by atoms with Crippen molar-refractivity contribution in [1.82, 2.24) is 5.32 Å². The molecule has 0 saturated heterocycles. The summed E-state index contributed by atoms with van der Waals surface area (Å²) in [5.41, 5.74) is 2.87. The molecule has 0 aliphatic carbocycles. The van der Waals surface area contributed by atoms with E-state index in [1.54, 1.807) is 0 Å². The van der Waals surface area contributed by atoms with Crippen molar-refractivity contribution < 1.29 is 4.74 Å². The lowest BCUT2D eigenvalue weighted by Gasteiger charge is -2.29. The predicted octanol–water partition coefficient (Wildman–Crippen LogP) is 3.08. The molecule has 1 aromatic carbocycles. The second-order valence-electron chi connectivity index (χ2n) is 4.71. The summed E-state index contributed by atoms with van der Waals surface area (Å²) >= 11 is 0. The molecule has 1 aromatic rings. The lowest BCUT2D eigenvalue weighted by atomic mass is 9.93. The van der Waals surface area contributed by atoms with E-state index in [-0.39, 0.29) is 6.10 Å². The summed E-state index contributed by atoms with van der Waals surface area (Å²) in [4.78, 5) is 0. The van der Waals surface area contributed by atoms with Crippen LogP contribution in [-0.4, -0.2) is 19.2 Å². The monoisotopic (exact) mass is 233 g/mol. The van der Waals surface area contributed by atoms with Gasteiger partial charge in [-0.1, -0.05) is 38.1 Å². The SMILES string of the molecule is CCNC(CC)CC1OCCc2ccccc21. The van der Waals surface area contributed by atoms with E-state index in [1.165, 1.54) is 11.1 Å². The molecule has 0 fully saturated rings. The first-order valence-electron chi connectivity index (χ1n) is 6.78. The number of rotatable bonds is 5. The van der Waals surface area contributed by atoms with Crippen molar-refractivity contribution in [2.75, 3.05) is 13.2 Å². The standard InChI is InChI=1S/C15H23NO/c1-3-13(16-4-2)11-15-14-8-6-5-7-12(14)9-10-17-15/h5-8,13,15-16H,3-4,9-11H2,1-2H3. The van der Waals surface area contributed by atoms with Gasteiger partial charge in [-0.15, -0.1) is 0 Å². The van der Waals surface area contributed by atoms with Crippen molar-refractivity contribution >= 4 is 0 Å². The van der Waals surface area contributed by atoms with Gasteiger partial charge in [0, 0.05) is 6.04 Å². The zero-order valence-electron chi connectivity index (χ0n) is 10.9. The zero-order chi connectivity index (χ0) is 12.1. The highest BCUT2D eigenvalue weighted by molar-refractivity contribution is 5.30. The van der Waals surface area contributed by atoms with Crippen LogP contribution in [0.5, 0.6) is 0 Å². The number of nitrogens with one attached hydrogen (secondary N) is 1. The van der Waals surface area contributed by atoms with Crippen LogP contribution in [0.3, 0.4) is 0 Å². The van der Waals surface area contributed by atoms with Crippen LogP contribution in [0.15, 0.2) is 24.3 Å². The Hall–Kier alpha value is -0.860. The number of fused-ring (bicyclic) bond motifs is 1. The summed E-state index contributed by atoms with van der Waals surface area (Å²) < 4.78 is 5.94. The molecule has 0 bridgehead atoms. The van der Waals surface area contributed by atoms with Crippen molar-refractivity contribution in [3.8, 4) is 0 Å². The quantitative estimate of drug-likeness (QED) is 0.844. The number of hydrogen-bond acceptors (Lipinski definition) is 2. The molecule has 2 atom stereocenters. The van der Waals surface area contributed by atoms with Gasteiger partial charge in [0.25, 0.3) is 0 Å². The Balaban J connectivity index is 2.07. The van der Waals surface area contributed by atoms with E-state index in [1.807, 2.05) is 0 Å². The third-order valence-corrected chi connectivity index (χ3v) is 3.58. The Labute approximate surface area is 104 Å². The molecule has 1 heterocycles. The fraction of sp³-hybridized carbons (Fsp3) is 0.600. The Bertz CT molecular complexity index is 351. The fourth-order valence-corrected chi connectivity index (χ4v) is 2.61. The van der Waals surface area contributed by atoms with Gasteiger partial charge >= 0.3 is 0 Å². The third kappa shape index (κ3) is 3.08. The lowest BCUT2D eigenvalue weighted by Crippen LogP contribution is -2.31. The van der Waals surface area contributed by atoms with E-state index < -0.39 is 0 Å². The van der Waals surface area contributed by atoms with E-state index in [0.717, 1.165) is 32.4 Å². The summed E-state index contributed by atoms with van der Waals surface area (Å²) in [6, 6.07) is 9.27. The van der Waals surface area contributed by atoms with Crippen molar-refractivity contribution in [1.29, 1.82) is 0 Å². The van der Waals surface area contributed by atoms with Crippen LogP contribution in [0, 0.1) is 0 Å². The number of hydrogen-bond donors (Lipinski definition) is 1. The summed E-state index contributed by atoms with van der Waals surface area (Å²) in [7, 11) is 0. The van der Waals surface area contributed by atoms with Gasteiger partial charge in [-0.2, -0.15) is 0 Å². The molecule has 94 valence electrons. The maximum atomic E-state index is 5.94. The second kappa shape index (κ2) is 6.18. The summed E-state index contributed by atoms with van der Waals surface area (Å²) in [6.45, 7) is 6.30. The van der Waals surface area contributed by atoms with E-state index in [2.05, 4.69) is 43.4 Å². The van der Waals surface area contributed by atoms with Gasteiger partial charge in [0.05, 0.1) is 12.7 Å². The van der Waals surface area contributed by atoms with Gasteiger partial charge in [-0.05, 0) is 36.9 Å². The Morgan fingerprint density at radius 2 is 2.18 bits per heavy atom. The summed E-state index contributed by atoms with van der Waals surface area (Å²) in [6.07, 6.45) is 3.59. The maximum absolute atomic E-state index is 5.94. The van der Waals surface area contributed by atoms with Gasteiger partial charge in [0.15, 0.2) is 0 Å². The average Bonchev–Trinajstić information content (AvgIpc) is 2.38. The van der Waals surface area contributed by atoms with Crippen LogP contribution < -0.4 is 5.32 Å². The lowest BCUT2D eigenvalue weighted by molar-refractivity contribution is 0.0293. The van der Waals surface area contributed by atoms with Crippen LogP contribution in [0.25, 0.3) is 0 Å². The minimum Gasteiger partial charge on any atom is -0.373 e. The highest BCUT2D eigenvalue weighted by Gasteiger charge is 2.22. The number of ether oxygens (including phenoxy) is 1. The summed E-state index contributed by atoms with van der Waals surface area (Å²) in [5, 5.41) is 3.53. The molecule has 1 aliphatic heterocycles. The Morgan fingerprint density at radius 1 is 1.35 bits per heavy atom. The van der Waals surface area contributed by atoms with Crippen molar-refractivity contribution in [2.45, 2.75) is 45.3 Å². The second-order valence-corrected chi connectivity index (χ2v) is 4.71. The molecule has 0 aromatic heterocycles. The smallest absolute Gasteiger partial charge is 0.0842 e.